The summed E-state index contributed by atoms with van der Waals surface area (Å²) in [6, 6.07) is 6.04. The smallest absolute Gasteiger partial charge is 0.247 e. The number of thioether (sulfide) groups is 1. The van der Waals surface area contributed by atoms with Crippen LogP contribution < -0.4 is 10.1 Å². The van der Waals surface area contributed by atoms with Crippen LogP contribution in [-0.4, -0.2) is 27.2 Å². The van der Waals surface area contributed by atoms with Gasteiger partial charge in [-0.05, 0) is 24.6 Å². The molecule has 7 heteroatoms. The second kappa shape index (κ2) is 7.49. The average Bonchev–Trinajstić information content (AvgIpc) is 2.71. The molecule has 0 bridgehead atoms. The number of unbranched alkanes of at least 4 members (excludes halogenated alkanes) is 1. The summed E-state index contributed by atoms with van der Waals surface area (Å²) in [6.45, 7) is 4.25. The Kier molecular flexibility index (Phi) is 5.38. The van der Waals surface area contributed by atoms with Crippen LogP contribution in [0.2, 0.25) is 0 Å². The zero-order chi connectivity index (χ0) is 16.2. The number of ether oxygens (including phenoxy) is 1. The van der Waals surface area contributed by atoms with E-state index in [1.54, 1.807) is 11.8 Å². The number of hydrogen-bond donors (Lipinski definition) is 1. The SMILES string of the molecule is CCCCSc1nnc2c(n1)O[C@@H](CC)Nc1ccc(Br)cc1-2. The van der Waals surface area contributed by atoms with Crippen molar-refractivity contribution >= 4 is 33.4 Å². The molecular formula is C16H19BrN4OS. The van der Waals surface area contributed by atoms with Crippen LogP contribution in [0.15, 0.2) is 27.8 Å². The molecule has 2 aromatic rings. The standard InChI is InChI=1S/C16H19BrN4OS/c1-3-5-8-23-16-19-15-14(20-21-16)11-9-10(17)6-7-12(11)18-13(4-2)22-15/h6-7,9,13,18H,3-5,8H2,1-2H3/t13-/m0/s1. The Hall–Kier alpha value is -1.34. The first-order valence-electron chi connectivity index (χ1n) is 7.82. The summed E-state index contributed by atoms with van der Waals surface area (Å²) in [5.41, 5.74) is 2.63. The molecule has 0 amide bonds. The van der Waals surface area contributed by atoms with E-state index < -0.39 is 0 Å². The number of fused-ring (bicyclic) bond motifs is 3. The Morgan fingerprint density at radius 2 is 2.17 bits per heavy atom. The molecule has 0 radical (unpaired) electrons. The van der Waals surface area contributed by atoms with Gasteiger partial charge in [0.25, 0.3) is 0 Å². The molecule has 0 saturated heterocycles. The van der Waals surface area contributed by atoms with Crippen molar-refractivity contribution in [2.45, 2.75) is 44.5 Å². The minimum atomic E-state index is -0.124. The summed E-state index contributed by atoms with van der Waals surface area (Å²) < 4.78 is 7.01. The zero-order valence-electron chi connectivity index (χ0n) is 13.2. The van der Waals surface area contributed by atoms with E-state index in [4.69, 9.17) is 4.74 Å². The molecule has 5 nitrogen and oxygen atoms in total. The Bertz CT molecular complexity index is 698. The van der Waals surface area contributed by atoms with Gasteiger partial charge < -0.3 is 10.1 Å². The van der Waals surface area contributed by atoms with E-state index in [0.29, 0.717) is 16.7 Å². The topological polar surface area (TPSA) is 59.9 Å². The van der Waals surface area contributed by atoms with Gasteiger partial charge in [-0.1, -0.05) is 48.0 Å². The van der Waals surface area contributed by atoms with Crippen LogP contribution in [-0.2, 0) is 0 Å². The second-order valence-corrected chi connectivity index (χ2v) is 7.28. The molecule has 0 unspecified atom stereocenters. The summed E-state index contributed by atoms with van der Waals surface area (Å²) in [5.74, 6) is 1.55. The fourth-order valence-corrected chi connectivity index (χ4v) is 3.50. The highest BCUT2D eigenvalue weighted by Gasteiger charge is 2.24. The predicted molar refractivity (Wildman–Crippen MR) is 96.9 cm³/mol. The summed E-state index contributed by atoms with van der Waals surface area (Å²) in [4.78, 5) is 4.58. The normalized spacial score (nSPS) is 15.9. The Labute approximate surface area is 148 Å². The van der Waals surface area contributed by atoms with Crippen LogP contribution in [0.4, 0.5) is 5.69 Å². The van der Waals surface area contributed by atoms with E-state index >= 15 is 0 Å². The Morgan fingerprint density at radius 1 is 1.30 bits per heavy atom. The first-order valence-corrected chi connectivity index (χ1v) is 9.59. The molecule has 0 fully saturated rings. The van der Waals surface area contributed by atoms with Gasteiger partial charge in [-0.15, -0.1) is 10.2 Å². The lowest BCUT2D eigenvalue weighted by Crippen LogP contribution is -2.24. The maximum Gasteiger partial charge on any atom is 0.247 e. The molecule has 1 N–H and O–H groups in total. The molecule has 1 aromatic heterocycles. The van der Waals surface area contributed by atoms with Gasteiger partial charge in [-0.3, -0.25) is 0 Å². The van der Waals surface area contributed by atoms with E-state index in [1.807, 2.05) is 18.2 Å². The molecule has 1 aliphatic rings. The van der Waals surface area contributed by atoms with Crippen molar-refractivity contribution in [2.24, 2.45) is 0 Å². The molecule has 3 rings (SSSR count). The molecule has 23 heavy (non-hydrogen) atoms. The van der Waals surface area contributed by atoms with Crippen LogP contribution in [0, 0.1) is 0 Å². The van der Waals surface area contributed by atoms with E-state index in [-0.39, 0.29) is 6.23 Å². The quantitative estimate of drug-likeness (QED) is 0.583. The lowest BCUT2D eigenvalue weighted by molar-refractivity contribution is 0.216. The highest BCUT2D eigenvalue weighted by molar-refractivity contribution is 9.10. The van der Waals surface area contributed by atoms with Gasteiger partial charge in [0.15, 0.2) is 11.9 Å². The predicted octanol–water partition coefficient (Wildman–Crippen LogP) is 4.73. The van der Waals surface area contributed by atoms with E-state index in [0.717, 1.165) is 40.7 Å². The van der Waals surface area contributed by atoms with Gasteiger partial charge in [0.1, 0.15) is 0 Å². The highest BCUT2D eigenvalue weighted by Crippen LogP contribution is 2.38. The molecule has 0 aliphatic carbocycles. The number of aromatic nitrogens is 3. The number of halogens is 1. The van der Waals surface area contributed by atoms with Crippen molar-refractivity contribution in [2.75, 3.05) is 11.1 Å². The molecule has 1 aromatic carbocycles. The van der Waals surface area contributed by atoms with E-state index in [2.05, 4.69) is 50.3 Å². The van der Waals surface area contributed by atoms with Gasteiger partial charge in [-0.25, -0.2) is 0 Å². The number of rotatable bonds is 5. The molecule has 1 aliphatic heterocycles. The van der Waals surface area contributed by atoms with Crippen LogP contribution in [0.3, 0.4) is 0 Å². The van der Waals surface area contributed by atoms with Crippen molar-refractivity contribution < 1.29 is 4.74 Å². The number of nitrogens with zero attached hydrogens (tertiary/aromatic N) is 3. The van der Waals surface area contributed by atoms with E-state index in [1.165, 1.54) is 0 Å². The van der Waals surface area contributed by atoms with Crippen molar-refractivity contribution in [3.8, 4) is 17.1 Å². The van der Waals surface area contributed by atoms with E-state index in [9.17, 15) is 0 Å². The first kappa shape index (κ1) is 16.5. The third-order valence-corrected chi connectivity index (χ3v) is 4.96. The molecule has 2 heterocycles. The lowest BCUT2D eigenvalue weighted by atomic mass is 10.1. The fraction of sp³-hybridized carbons (Fsp3) is 0.438. The molecule has 0 saturated carbocycles. The Balaban J connectivity index is 1.99. The largest absolute Gasteiger partial charge is 0.452 e. The minimum absolute atomic E-state index is 0.124. The van der Waals surface area contributed by atoms with Crippen LogP contribution in [0.25, 0.3) is 11.3 Å². The first-order chi connectivity index (χ1) is 11.2. The van der Waals surface area contributed by atoms with Crippen molar-refractivity contribution in [1.82, 2.24) is 15.2 Å². The number of nitrogens with one attached hydrogen (secondary N) is 1. The van der Waals surface area contributed by atoms with Gasteiger partial charge in [0.05, 0.1) is 0 Å². The molecular weight excluding hydrogens is 376 g/mol. The average molecular weight is 395 g/mol. The lowest BCUT2D eigenvalue weighted by Gasteiger charge is -2.16. The highest BCUT2D eigenvalue weighted by atomic mass is 79.9. The number of anilines is 1. The second-order valence-electron chi connectivity index (χ2n) is 5.30. The van der Waals surface area contributed by atoms with Crippen molar-refractivity contribution in [3.05, 3.63) is 22.7 Å². The molecule has 1 atom stereocenters. The van der Waals surface area contributed by atoms with Crippen molar-refractivity contribution in [3.63, 3.8) is 0 Å². The summed E-state index contributed by atoms with van der Waals surface area (Å²) >= 11 is 5.14. The zero-order valence-corrected chi connectivity index (χ0v) is 15.6. The van der Waals surface area contributed by atoms with Crippen molar-refractivity contribution in [1.29, 1.82) is 0 Å². The number of hydrogen-bond acceptors (Lipinski definition) is 6. The monoisotopic (exact) mass is 394 g/mol. The fourth-order valence-electron chi connectivity index (χ4n) is 2.28. The maximum absolute atomic E-state index is 6.02. The van der Waals surface area contributed by atoms with Gasteiger partial charge >= 0.3 is 0 Å². The van der Waals surface area contributed by atoms with Crippen LogP contribution in [0.1, 0.15) is 33.1 Å². The maximum atomic E-state index is 6.02. The summed E-state index contributed by atoms with van der Waals surface area (Å²) in [6.07, 6.45) is 3.00. The Morgan fingerprint density at radius 3 is 2.96 bits per heavy atom. The third kappa shape index (κ3) is 3.77. The molecule has 122 valence electrons. The summed E-state index contributed by atoms with van der Waals surface area (Å²) in [7, 11) is 0. The third-order valence-electron chi connectivity index (χ3n) is 3.54. The van der Waals surface area contributed by atoms with Gasteiger partial charge in [0.2, 0.25) is 11.0 Å². The number of benzene rings is 1. The van der Waals surface area contributed by atoms with Gasteiger partial charge in [0, 0.05) is 27.9 Å². The summed E-state index contributed by atoms with van der Waals surface area (Å²) in [5, 5.41) is 12.7. The molecule has 0 spiro atoms. The van der Waals surface area contributed by atoms with Crippen LogP contribution in [0.5, 0.6) is 5.88 Å². The van der Waals surface area contributed by atoms with Crippen LogP contribution >= 0.6 is 27.7 Å². The van der Waals surface area contributed by atoms with Gasteiger partial charge in [-0.2, -0.15) is 4.98 Å². The minimum Gasteiger partial charge on any atom is -0.452 e.